The van der Waals surface area contributed by atoms with Crippen molar-refractivity contribution in [3.63, 3.8) is 0 Å². The van der Waals surface area contributed by atoms with E-state index >= 15 is 0 Å². The van der Waals surface area contributed by atoms with Crippen LogP contribution in [0.4, 0.5) is 0 Å². The molecule has 8 heteroatoms. The Morgan fingerprint density at radius 2 is 1.58 bits per heavy atom. The molecular weight excluding hydrogens is 460 g/mol. The highest BCUT2D eigenvalue weighted by Crippen LogP contribution is 2.41. The van der Waals surface area contributed by atoms with E-state index in [0.29, 0.717) is 45.0 Å². The maximum atomic E-state index is 13.1. The van der Waals surface area contributed by atoms with Crippen molar-refractivity contribution in [3.8, 4) is 28.5 Å². The van der Waals surface area contributed by atoms with Crippen LogP contribution in [0.15, 0.2) is 42.5 Å². The molecule has 4 rings (SSSR count). The van der Waals surface area contributed by atoms with Crippen molar-refractivity contribution < 1.29 is 28.5 Å². The molecule has 8 nitrogen and oxygen atoms in total. The van der Waals surface area contributed by atoms with E-state index in [2.05, 4.69) is 5.32 Å². The summed E-state index contributed by atoms with van der Waals surface area (Å²) in [6.07, 6.45) is 6.55. The van der Waals surface area contributed by atoms with E-state index in [0.717, 1.165) is 25.7 Å². The Balaban J connectivity index is 1.60. The van der Waals surface area contributed by atoms with Gasteiger partial charge in [-0.2, -0.15) is 0 Å². The summed E-state index contributed by atoms with van der Waals surface area (Å²) in [4.78, 5) is 30.4. The average molecular weight is 493 g/mol. The van der Waals surface area contributed by atoms with Gasteiger partial charge in [0.1, 0.15) is 0 Å². The molecule has 2 aromatic carbocycles. The summed E-state index contributed by atoms with van der Waals surface area (Å²) in [6, 6.07) is 12.7. The summed E-state index contributed by atoms with van der Waals surface area (Å²) in [5, 5.41) is 3.65. The minimum Gasteiger partial charge on any atom is -0.493 e. The molecule has 3 aromatic rings. The van der Waals surface area contributed by atoms with Crippen molar-refractivity contribution >= 4 is 22.8 Å². The van der Waals surface area contributed by atoms with E-state index in [4.69, 9.17) is 23.9 Å². The summed E-state index contributed by atoms with van der Waals surface area (Å²) in [5.74, 6) is 0.544. The molecule has 0 unspecified atom stereocenters. The highest BCUT2D eigenvalue weighted by atomic mass is 16.5. The van der Waals surface area contributed by atoms with Gasteiger partial charge in [-0.15, -0.1) is 0 Å². The minimum absolute atomic E-state index is 0.145. The molecule has 190 valence electrons. The van der Waals surface area contributed by atoms with Gasteiger partial charge in [0.05, 0.1) is 38.1 Å². The molecule has 1 amide bonds. The lowest BCUT2D eigenvalue weighted by Gasteiger charge is -2.16. The smallest absolute Gasteiger partial charge is 0.339 e. The van der Waals surface area contributed by atoms with Gasteiger partial charge in [-0.25, -0.2) is 9.78 Å². The van der Waals surface area contributed by atoms with Gasteiger partial charge < -0.3 is 24.3 Å². The molecule has 0 bridgehead atoms. The Kier molecular flexibility index (Phi) is 8.25. The number of hydrogen-bond acceptors (Lipinski definition) is 7. The molecular formula is C28H32N2O6. The van der Waals surface area contributed by atoms with Crippen molar-refractivity contribution in [1.82, 2.24) is 10.3 Å². The zero-order valence-electron chi connectivity index (χ0n) is 21.0. The first-order chi connectivity index (χ1) is 17.5. The molecule has 1 aromatic heterocycles. The lowest BCUT2D eigenvalue weighted by Crippen LogP contribution is -2.37. The molecule has 1 fully saturated rings. The van der Waals surface area contributed by atoms with E-state index in [1.54, 1.807) is 18.2 Å². The third-order valence-corrected chi connectivity index (χ3v) is 6.45. The largest absolute Gasteiger partial charge is 0.493 e. The van der Waals surface area contributed by atoms with Crippen molar-refractivity contribution in [2.45, 2.75) is 44.6 Å². The monoisotopic (exact) mass is 492 g/mol. The number of nitrogens with zero attached hydrogens (tertiary/aromatic N) is 1. The maximum Gasteiger partial charge on any atom is 0.339 e. The third kappa shape index (κ3) is 5.70. The fourth-order valence-corrected chi connectivity index (χ4v) is 4.62. The number of rotatable bonds is 8. The molecule has 0 aliphatic heterocycles. The van der Waals surface area contributed by atoms with Crippen LogP contribution >= 0.6 is 0 Å². The van der Waals surface area contributed by atoms with Crippen LogP contribution in [-0.4, -0.2) is 50.8 Å². The predicted molar refractivity (Wildman–Crippen MR) is 137 cm³/mol. The maximum absolute atomic E-state index is 13.1. The second-order valence-corrected chi connectivity index (χ2v) is 8.82. The molecule has 1 N–H and O–H groups in total. The van der Waals surface area contributed by atoms with E-state index in [1.165, 1.54) is 34.2 Å². The number of para-hydroxylation sites is 1. The molecule has 0 atom stereocenters. The molecule has 36 heavy (non-hydrogen) atoms. The SMILES string of the molecule is COc1cc(-c2cc(C(=O)OCC(=O)NC3CCCCCC3)c3ccccc3n2)cc(OC)c1OC. The topological polar surface area (TPSA) is 96.0 Å². The van der Waals surface area contributed by atoms with E-state index < -0.39 is 5.97 Å². The first-order valence-corrected chi connectivity index (χ1v) is 12.2. The third-order valence-electron chi connectivity index (χ3n) is 6.45. The van der Waals surface area contributed by atoms with Gasteiger partial charge in [0.2, 0.25) is 5.75 Å². The van der Waals surface area contributed by atoms with Crippen LogP contribution in [0, 0.1) is 0 Å². The van der Waals surface area contributed by atoms with Gasteiger partial charge >= 0.3 is 5.97 Å². The fourth-order valence-electron chi connectivity index (χ4n) is 4.62. The highest BCUT2D eigenvalue weighted by molar-refractivity contribution is 6.05. The lowest BCUT2D eigenvalue weighted by atomic mass is 10.0. The standard InChI is InChI=1S/C28H32N2O6/c1-33-24-14-18(15-25(34-2)27(24)35-3)23-16-21(20-12-8-9-13-22(20)30-23)28(32)36-17-26(31)29-19-10-6-4-5-7-11-19/h8-9,12-16,19H,4-7,10-11,17H2,1-3H3,(H,29,31). The molecule has 0 radical (unpaired) electrons. The Labute approximate surface area is 210 Å². The van der Waals surface area contributed by atoms with Crippen molar-refractivity contribution in [3.05, 3.63) is 48.0 Å². The van der Waals surface area contributed by atoms with Crippen LogP contribution in [0.25, 0.3) is 22.2 Å². The zero-order valence-corrected chi connectivity index (χ0v) is 21.0. The van der Waals surface area contributed by atoms with E-state index in [9.17, 15) is 9.59 Å². The number of fused-ring (bicyclic) bond motifs is 1. The number of carbonyl (C=O) groups excluding carboxylic acids is 2. The number of aromatic nitrogens is 1. The normalized spacial score (nSPS) is 14.1. The van der Waals surface area contributed by atoms with Crippen molar-refractivity contribution in [2.75, 3.05) is 27.9 Å². The number of nitrogens with one attached hydrogen (secondary N) is 1. The van der Waals surface area contributed by atoms with Gasteiger partial charge in [-0.3, -0.25) is 4.79 Å². The number of pyridine rings is 1. The number of esters is 1. The van der Waals surface area contributed by atoms with Crippen LogP contribution < -0.4 is 19.5 Å². The van der Waals surface area contributed by atoms with E-state index in [1.807, 2.05) is 24.3 Å². The summed E-state index contributed by atoms with van der Waals surface area (Å²) in [7, 11) is 4.62. The second-order valence-electron chi connectivity index (χ2n) is 8.82. The molecule has 0 spiro atoms. The second kappa shape index (κ2) is 11.7. The van der Waals surface area contributed by atoms with Crippen LogP contribution in [-0.2, 0) is 9.53 Å². The van der Waals surface area contributed by atoms with E-state index in [-0.39, 0.29) is 18.6 Å². The Bertz CT molecular complexity index is 1210. The zero-order chi connectivity index (χ0) is 25.5. The molecule has 0 saturated heterocycles. The first-order valence-electron chi connectivity index (χ1n) is 12.2. The summed E-state index contributed by atoms with van der Waals surface area (Å²) < 4.78 is 21.8. The number of methoxy groups -OCH3 is 3. The Morgan fingerprint density at radius 3 is 2.22 bits per heavy atom. The van der Waals surface area contributed by atoms with Gasteiger partial charge in [-0.05, 0) is 37.1 Å². The molecule has 1 saturated carbocycles. The molecule has 1 aliphatic rings. The average Bonchev–Trinajstić information content (AvgIpc) is 3.18. The lowest BCUT2D eigenvalue weighted by molar-refractivity contribution is -0.125. The summed E-state index contributed by atoms with van der Waals surface area (Å²) >= 11 is 0. The van der Waals surface area contributed by atoms with Crippen LogP contribution in [0.2, 0.25) is 0 Å². The molecule has 1 aliphatic carbocycles. The number of ether oxygens (including phenoxy) is 4. The van der Waals surface area contributed by atoms with Crippen molar-refractivity contribution in [2.24, 2.45) is 0 Å². The van der Waals surface area contributed by atoms with Gasteiger partial charge in [0.25, 0.3) is 5.91 Å². The minimum atomic E-state index is -0.585. The fraction of sp³-hybridized carbons (Fsp3) is 0.393. The van der Waals surface area contributed by atoms with Crippen LogP contribution in [0.3, 0.4) is 0 Å². The number of carbonyl (C=O) groups is 2. The van der Waals surface area contributed by atoms with Gasteiger partial charge in [0.15, 0.2) is 18.1 Å². The predicted octanol–water partition coefficient (Wildman–Crippen LogP) is 4.92. The van der Waals surface area contributed by atoms with Gasteiger partial charge in [0, 0.05) is 17.0 Å². The van der Waals surface area contributed by atoms with Crippen LogP contribution in [0.1, 0.15) is 48.9 Å². The quantitative estimate of drug-likeness (QED) is 0.352. The van der Waals surface area contributed by atoms with Crippen molar-refractivity contribution in [1.29, 1.82) is 0 Å². The van der Waals surface area contributed by atoms with Crippen LogP contribution in [0.5, 0.6) is 17.2 Å². The Morgan fingerprint density at radius 1 is 0.917 bits per heavy atom. The first kappa shape index (κ1) is 25.3. The summed E-state index contributed by atoms with van der Waals surface area (Å²) in [5.41, 5.74) is 2.16. The number of benzene rings is 2. The highest BCUT2D eigenvalue weighted by Gasteiger charge is 2.20. The number of amides is 1. The van der Waals surface area contributed by atoms with Gasteiger partial charge in [-0.1, -0.05) is 43.9 Å². The number of hydrogen-bond donors (Lipinski definition) is 1. The Hall–Kier alpha value is -3.81. The molecule has 1 heterocycles. The summed E-state index contributed by atoms with van der Waals surface area (Å²) in [6.45, 7) is -0.328.